The minimum Gasteiger partial charge on any atom is -0.324 e. The van der Waals surface area contributed by atoms with E-state index < -0.39 is 0 Å². The SMILES string of the molecule is NC1(Cc2cccc(Br)c2)CCc2ccccc2C1. The number of hydrogen-bond donors (Lipinski definition) is 1. The zero-order chi connectivity index (χ0) is 13.3. The van der Waals surface area contributed by atoms with Gasteiger partial charge in [-0.15, -0.1) is 0 Å². The Hall–Kier alpha value is -1.12. The van der Waals surface area contributed by atoms with Crippen LogP contribution in [0.2, 0.25) is 0 Å². The molecule has 19 heavy (non-hydrogen) atoms. The van der Waals surface area contributed by atoms with Crippen molar-refractivity contribution in [2.24, 2.45) is 5.73 Å². The first kappa shape index (κ1) is 12.9. The van der Waals surface area contributed by atoms with E-state index in [1.165, 1.54) is 16.7 Å². The van der Waals surface area contributed by atoms with E-state index >= 15 is 0 Å². The van der Waals surface area contributed by atoms with Crippen LogP contribution in [0.15, 0.2) is 53.0 Å². The largest absolute Gasteiger partial charge is 0.324 e. The van der Waals surface area contributed by atoms with Crippen LogP contribution in [0.3, 0.4) is 0 Å². The van der Waals surface area contributed by atoms with Crippen LogP contribution in [-0.4, -0.2) is 5.54 Å². The van der Waals surface area contributed by atoms with Crippen molar-refractivity contribution in [3.8, 4) is 0 Å². The minimum atomic E-state index is -0.102. The van der Waals surface area contributed by atoms with Gasteiger partial charge in [-0.1, -0.05) is 52.3 Å². The predicted molar refractivity (Wildman–Crippen MR) is 83.2 cm³/mol. The lowest BCUT2D eigenvalue weighted by Gasteiger charge is -2.35. The van der Waals surface area contributed by atoms with Gasteiger partial charge in [0.2, 0.25) is 0 Å². The summed E-state index contributed by atoms with van der Waals surface area (Å²) in [7, 11) is 0. The highest BCUT2D eigenvalue weighted by molar-refractivity contribution is 9.10. The van der Waals surface area contributed by atoms with Gasteiger partial charge in [-0.2, -0.15) is 0 Å². The molecule has 98 valence electrons. The van der Waals surface area contributed by atoms with Gasteiger partial charge in [0.25, 0.3) is 0 Å². The number of rotatable bonds is 2. The second-order valence-corrected chi connectivity index (χ2v) is 6.53. The number of nitrogens with two attached hydrogens (primary N) is 1. The maximum atomic E-state index is 6.64. The quantitative estimate of drug-likeness (QED) is 0.894. The maximum Gasteiger partial charge on any atom is 0.0239 e. The van der Waals surface area contributed by atoms with Crippen LogP contribution < -0.4 is 5.73 Å². The van der Waals surface area contributed by atoms with E-state index in [0.717, 1.165) is 30.2 Å². The first-order chi connectivity index (χ1) is 9.15. The Bertz CT molecular complexity index is 593. The average Bonchev–Trinajstić information content (AvgIpc) is 2.38. The van der Waals surface area contributed by atoms with E-state index in [4.69, 9.17) is 5.73 Å². The third-order valence-electron chi connectivity index (χ3n) is 4.00. The zero-order valence-electron chi connectivity index (χ0n) is 10.9. The van der Waals surface area contributed by atoms with Crippen LogP contribution in [0.1, 0.15) is 23.1 Å². The molecule has 0 aromatic heterocycles. The van der Waals surface area contributed by atoms with Crippen molar-refractivity contribution in [1.29, 1.82) is 0 Å². The monoisotopic (exact) mass is 315 g/mol. The fraction of sp³-hybridized carbons (Fsp3) is 0.294. The topological polar surface area (TPSA) is 26.0 Å². The van der Waals surface area contributed by atoms with Crippen LogP contribution in [-0.2, 0) is 19.3 Å². The standard InChI is InChI=1S/C17H18BrN/c18-16-7-3-4-13(10-16)11-17(19)9-8-14-5-1-2-6-15(14)12-17/h1-7,10H,8-9,11-12,19H2. The maximum absolute atomic E-state index is 6.64. The lowest BCUT2D eigenvalue weighted by molar-refractivity contribution is 0.369. The smallest absolute Gasteiger partial charge is 0.0239 e. The number of halogens is 1. The Balaban J connectivity index is 1.82. The number of hydrogen-bond acceptors (Lipinski definition) is 1. The Morgan fingerprint density at radius 2 is 1.84 bits per heavy atom. The van der Waals surface area contributed by atoms with Gasteiger partial charge in [0, 0.05) is 10.0 Å². The molecule has 0 radical (unpaired) electrons. The van der Waals surface area contributed by atoms with E-state index in [0.29, 0.717) is 0 Å². The second kappa shape index (κ2) is 5.10. The summed E-state index contributed by atoms with van der Waals surface area (Å²) in [5.74, 6) is 0. The average molecular weight is 316 g/mol. The first-order valence-electron chi connectivity index (χ1n) is 6.75. The molecule has 1 aliphatic carbocycles. The summed E-state index contributed by atoms with van der Waals surface area (Å²) in [5.41, 5.74) is 10.7. The molecular formula is C17H18BrN. The Morgan fingerprint density at radius 1 is 1.05 bits per heavy atom. The molecule has 0 saturated heterocycles. The third kappa shape index (κ3) is 2.90. The van der Waals surface area contributed by atoms with Crippen LogP contribution in [0.4, 0.5) is 0 Å². The Morgan fingerprint density at radius 3 is 2.63 bits per heavy atom. The third-order valence-corrected chi connectivity index (χ3v) is 4.49. The fourth-order valence-electron chi connectivity index (χ4n) is 3.03. The van der Waals surface area contributed by atoms with Crippen LogP contribution in [0.25, 0.3) is 0 Å². The molecule has 0 spiro atoms. The normalized spacial score (nSPS) is 22.0. The summed E-state index contributed by atoms with van der Waals surface area (Å²) in [4.78, 5) is 0. The molecule has 0 saturated carbocycles. The molecule has 2 aromatic rings. The van der Waals surface area contributed by atoms with Crippen LogP contribution in [0.5, 0.6) is 0 Å². The van der Waals surface area contributed by atoms with Crippen molar-refractivity contribution >= 4 is 15.9 Å². The zero-order valence-corrected chi connectivity index (χ0v) is 12.5. The number of fused-ring (bicyclic) bond motifs is 1. The van der Waals surface area contributed by atoms with Gasteiger partial charge in [-0.25, -0.2) is 0 Å². The summed E-state index contributed by atoms with van der Waals surface area (Å²) in [6.07, 6.45) is 4.09. The van der Waals surface area contributed by atoms with E-state index in [-0.39, 0.29) is 5.54 Å². The molecule has 1 atom stereocenters. The Labute approximate surface area is 123 Å². The van der Waals surface area contributed by atoms with Crippen molar-refractivity contribution in [2.45, 2.75) is 31.2 Å². The number of aryl methyl sites for hydroxylation is 1. The molecule has 0 bridgehead atoms. The molecule has 0 fully saturated rings. The summed E-state index contributed by atoms with van der Waals surface area (Å²) >= 11 is 3.53. The predicted octanol–water partition coefficient (Wildman–Crippen LogP) is 3.88. The van der Waals surface area contributed by atoms with Gasteiger partial charge >= 0.3 is 0 Å². The van der Waals surface area contributed by atoms with Gasteiger partial charge in [0.1, 0.15) is 0 Å². The first-order valence-corrected chi connectivity index (χ1v) is 7.54. The van der Waals surface area contributed by atoms with Gasteiger partial charge in [-0.05, 0) is 54.5 Å². The molecule has 0 aliphatic heterocycles. The molecule has 2 aromatic carbocycles. The van der Waals surface area contributed by atoms with E-state index in [2.05, 4.69) is 64.5 Å². The molecule has 1 nitrogen and oxygen atoms in total. The van der Waals surface area contributed by atoms with E-state index in [9.17, 15) is 0 Å². The Kier molecular flexibility index (Phi) is 3.46. The summed E-state index contributed by atoms with van der Waals surface area (Å²) in [6.45, 7) is 0. The molecule has 1 aliphatic rings. The molecular weight excluding hydrogens is 298 g/mol. The number of benzene rings is 2. The summed E-state index contributed by atoms with van der Waals surface area (Å²) in [5, 5.41) is 0. The highest BCUT2D eigenvalue weighted by Crippen LogP contribution is 2.30. The summed E-state index contributed by atoms with van der Waals surface area (Å²) < 4.78 is 1.13. The van der Waals surface area contributed by atoms with Crippen molar-refractivity contribution in [1.82, 2.24) is 0 Å². The van der Waals surface area contributed by atoms with Crippen molar-refractivity contribution < 1.29 is 0 Å². The lowest BCUT2D eigenvalue weighted by atomic mass is 9.75. The van der Waals surface area contributed by atoms with Crippen LogP contribution >= 0.6 is 15.9 Å². The van der Waals surface area contributed by atoms with Gasteiger partial charge in [0.05, 0.1) is 0 Å². The van der Waals surface area contributed by atoms with E-state index in [1.807, 2.05) is 0 Å². The van der Waals surface area contributed by atoms with Crippen LogP contribution in [0, 0.1) is 0 Å². The molecule has 1 unspecified atom stereocenters. The highest BCUT2D eigenvalue weighted by Gasteiger charge is 2.30. The minimum absolute atomic E-state index is 0.102. The lowest BCUT2D eigenvalue weighted by Crippen LogP contribution is -2.47. The molecule has 0 amide bonds. The van der Waals surface area contributed by atoms with Gasteiger partial charge < -0.3 is 5.73 Å². The highest BCUT2D eigenvalue weighted by atomic mass is 79.9. The summed E-state index contributed by atoms with van der Waals surface area (Å²) in [6, 6.07) is 17.2. The molecule has 2 heteroatoms. The van der Waals surface area contributed by atoms with Crippen molar-refractivity contribution in [2.75, 3.05) is 0 Å². The van der Waals surface area contributed by atoms with Crippen molar-refractivity contribution in [3.63, 3.8) is 0 Å². The van der Waals surface area contributed by atoms with Gasteiger partial charge in [-0.3, -0.25) is 0 Å². The molecule has 0 heterocycles. The molecule has 3 rings (SSSR count). The van der Waals surface area contributed by atoms with Gasteiger partial charge in [0.15, 0.2) is 0 Å². The fourth-order valence-corrected chi connectivity index (χ4v) is 3.48. The second-order valence-electron chi connectivity index (χ2n) is 5.61. The molecule has 2 N–H and O–H groups in total. The van der Waals surface area contributed by atoms with Crippen molar-refractivity contribution in [3.05, 3.63) is 69.7 Å². The van der Waals surface area contributed by atoms with E-state index in [1.54, 1.807) is 0 Å².